The van der Waals surface area contributed by atoms with Gasteiger partial charge in [0.25, 0.3) is 0 Å². The summed E-state index contributed by atoms with van der Waals surface area (Å²) in [6.07, 6.45) is 36.2. The second-order valence-electron chi connectivity index (χ2n) is 13.9. The molecule has 0 aromatic heterocycles. The van der Waals surface area contributed by atoms with Crippen molar-refractivity contribution in [2.45, 2.75) is 173 Å². The topological polar surface area (TPSA) is 78.9 Å². The van der Waals surface area contributed by atoms with Gasteiger partial charge in [-0.05, 0) is 76.0 Å². The van der Waals surface area contributed by atoms with Crippen LogP contribution in [0, 0.1) is 0 Å². The van der Waals surface area contributed by atoms with Gasteiger partial charge < -0.3 is 14.2 Å². The third-order valence-corrected chi connectivity index (χ3v) is 9.30. The Morgan fingerprint density at radius 3 is 1.04 bits per heavy atom. The van der Waals surface area contributed by atoms with E-state index in [0.717, 1.165) is 77.0 Å². The molecule has 0 radical (unpaired) electrons. The molecule has 0 fully saturated rings. The van der Waals surface area contributed by atoms with Crippen molar-refractivity contribution in [3.05, 3.63) is 72.9 Å². The van der Waals surface area contributed by atoms with Gasteiger partial charge in [0.1, 0.15) is 0 Å². The van der Waals surface area contributed by atoms with E-state index in [2.05, 4.69) is 19.7 Å². The summed E-state index contributed by atoms with van der Waals surface area (Å²) < 4.78 is 16.7. The largest absolute Gasteiger partial charge is 0.462 e. The van der Waals surface area contributed by atoms with E-state index in [-0.39, 0.29) is 23.3 Å². The molecule has 0 bridgehead atoms. The minimum absolute atomic E-state index is 0.0542. The number of hydrogen-bond donors (Lipinski definition) is 0. The number of esters is 3. The molecule has 0 saturated carbocycles. The summed E-state index contributed by atoms with van der Waals surface area (Å²) in [5.74, 6) is -1.69. The number of ether oxygens (including phenoxy) is 3. The Labute approximate surface area is 311 Å². The molecule has 0 heterocycles. The van der Waals surface area contributed by atoms with Crippen molar-refractivity contribution in [2.24, 2.45) is 0 Å². The van der Waals surface area contributed by atoms with Crippen LogP contribution in [0.4, 0.5) is 0 Å². The summed E-state index contributed by atoms with van der Waals surface area (Å²) in [6, 6.07) is 4.45. The van der Waals surface area contributed by atoms with E-state index in [0.29, 0.717) is 13.2 Å². The normalized spacial score (nSPS) is 10.8. The molecular weight excluding hydrogens is 636 g/mol. The lowest BCUT2D eigenvalue weighted by Gasteiger charge is -2.12. The molecule has 0 amide bonds. The van der Waals surface area contributed by atoms with Crippen molar-refractivity contribution >= 4 is 17.9 Å². The van der Waals surface area contributed by atoms with Crippen molar-refractivity contribution < 1.29 is 28.6 Å². The van der Waals surface area contributed by atoms with Gasteiger partial charge in [-0.2, -0.15) is 0 Å². The van der Waals surface area contributed by atoms with Crippen molar-refractivity contribution in [2.75, 3.05) is 19.8 Å². The average molecular weight is 709 g/mol. The van der Waals surface area contributed by atoms with E-state index >= 15 is 0 Å². The third kappa shape index (κ3) is 25.5. The van der Waals surface area contributed by atoms with Crippen molar-refractivity contribution in [1.82, 2.24) is 0 Å². The highest BCUT2D eigenvalue weighted by Gasteiger charge is 2.22. The highest BCUT2D eigenvalue weighted by atomic mass is 16.5. The molecule has 288 valence electrons. The number of allylic oxidation sites excluding steroid dienone is 3. The number of hydrogen-bond acceptors (Lipinski definition) is 6. The van der Waals surface area contributed by atoms with Gasteiger partial charge >= 0.3 is 17.9 Å². The van der Waals surface area contributed by atoms with E-state index < -0.39 is 17.9 Å². The number of benzene rings is 1. The smallest absolute Gasteiger partial charge is 0.339 e. The van der Waals surface area contributed by atoms with E-state index in [1.165, 1.54) is 115 Å². The second kappa shape index (κ2) is 34.0. The number of carbonyl (C=O) groups excluding carboxylic acids is 3. The summed E-state index contributed by atoms with van der Waals surface area (Å²) in [5, 5.41) is 0. The minimum atomic E-state index is -0.614. The Kier molecular flexibility index (Phi) is 30.5. The first-order valence-electron chi connectivity index (χ1n) is 20.5. The highest BCUT2D eigenvalue weighted by molar-refractivity contribution is 6.05. The van der Waals surface area contributed by atoms with Crippen LogP contribution in [-0.2, 0) is 14.2 Å². The summed E-state index contributed by atoms with van der Waals surface area (Å²) in [7, 11) is 0. The summed E-state index contributed by atoms with van der Waals surface area (Å²) in [5.41, 5.74) is 0.408. The fourth-order valence-electron chi connectivity index (χ4n) is 6.11. The van der Waals surface area contributed by atoms with Gasteiger partial charge in [0.2, 0.25) is 0 Å². The van der Waals surface area contributed by atoms with Crippen LogP contribution in [0.5, 0.6) is 0 Å². The molecule has 0 N–H and O–H groups in total. The van der Waals surface area contributed by atoms with Gasteiger partial charge in [-0.3, -0.25) is 0 Å². The maximum absolute atomic E-state index is 13.2. The predicted octanol–water partition coefficient (Wildman–Crippen LogP) is 13.2. The van der Waals surface area contributed by atoms with Crippen LogP contribution in [0.3, 0.4) is 0 Å². The Hall–Kier alpha value is -3.15. The molecule has 0 spiro atoms. The van der Waals surface area contributed by atoms with Crippen LogP contribution in [0.1, 0.15) is 204 Å². The zero-order valence-electron chi connectivity index (χ0n) is 32.2. The Balaban J connectivity index is 2.57. The second-order valence-corrected chi connectivity index (χ2v) is 13.9. The van der Waals surface area contributed by atoms with Crippen molar-refractivity contribution in [1.29, 1.82) is 0 Å². The quantitative estimate of drug-likeness (QED) is 0.0299. The lowest BCUT2D eigenvalue weighted by molar-refractivity contribution is 0.0447. The van der Waals surface area contributed by atoms with Crippen LogP contribution in [0.2, 0.25) is 0 Å². The molecule has 0 aliphatic heterocycles. The lowest BCUT2D eigenvalue weighted by atomic mass is 10.0. The van der Waals surface area contributed by atoms with Gasteiger partial charge in [0.15, 0.2) is 0 Å². The molecular formula is C45H72O6. The van der Waals surface area contributed by atoms with Crippen LogP contribution in [0.25, 0.3) is 0 Å². The van der Waals surface area contributed by atoms with E-state index in [4.69, 9.17) is 14.2 Å². The van der Waals surface area contributed by atoms with Crippen molar-refractivity contribution in [3.8, 4) is 0 Å². The maximum Gasteiger partial charge on any atom is 0.339 e. The van der Waals surface area contributed by atoms with E-state index in [1.807, 2.05) is 18.2 Å². The van der Waals surface area contributed by atoms with Gasteiger partial charge in [-0.25, -0.2) is 14.4 Å². The lowest BCUT2D eigenvalue weighted by Crippen LogP contribution is -2.17. The predicted molar refractivity (Wildman–Crippen MR) is 213 cm³/mol. The molecule has 0 aliphatic carbocycles. The Bertz CT molecular complexity index is 1080. The van der Waals surface area contributed by atoms with Crippen LogP contribution >= 0.6 is 0 Å². The van der Waals surface area contributed by atoms with Crippen molar-refractivity contribution in [3.63, 3.8) is 0 Å². The van der Waals surface area contributed by atoms with Crippen LogP contribution in [0.15, 0.2) is 56.2 Å². The number of carbonyl (C=O) groups is 3. The first-order chi connectivity index (χ1) is 25.0. The SMILES string of the molecule is C=CCCCCCCCCCCOC(=O)c1ccc(C(=O)OCCCCCCCCCCC=C)c(C(=O)OCCCCCCCCCCC=C)c1. The first kappa shape index (κ1) is 45.9. The van der Waals surface area contributed by atoms with Gasteiger partial charge in [0, 0.05) is 0 Å². The molecule has 1 aromatic carbocycles. The van der Waals surface area contributed by atoms with Gasteiger partial charge in [-0.1, -0.05) is 134 Å². The molecule has 6 nitrogen and oxygen atoms in total. The van der Waals surface area contributed by atoms with Gasteiger partial charge in [-0.15, -0.1) is 19.7 Å². The van der Waals surface area contributed by atoms with Crippen LogP contribution in [-0.4, -0.2) is 37.7 Å². The zero-order valence-corrected chi connectivity index (χ0v) is 32.2. The third-order valence-electron chi connectivity index (χ3n) is 9.30. The summed E-state index contributed by atoms with van der Waals surface area (Å²) >= 11 is 0. The monoisotopic (exact) mass is 709 g/mol. The van der Waals surface area contributed by atoms with Crippen LogP contribution < -0.4 is 0 Å². The summed E-state index contributed by atoms with van der Waals surface area (Å²) in [6.45, 7) is 12.2. The molecule has 0 unspecified atom stereocenters. The molecule has 51 heavy (non-hydrogen) atoms. The van der Waals surface area contributed by atoms with Gasteiger partial charge in [0.05, 0.1) is 36.5 Å². The zero-order chi connectivity index (χ0) is 37.0. The fourth-order valence-corrected chi connectivity index (χ4v) is 6.11. The molecule has 1 aromatic rings. The minimum Gasteiger partial charge on any atom is -0.462 e. The number of unbranched alkanes of at least 4 members (excludes halogenated alkanes) is 24. The maximum atomic E-state index is 13.2. The van der Waals surface area contributed by atoms with E-state index in [9.17, 15) is 14.4 Å². The van der Waals surface area contributed by atoms with E-state index in [1.54, 1.807) is 0 Å². The Morgan fingerprint density at radius 2 is 0.686 bits per heavy atom. The summed E-state index contributed by atoms with van der Waals surface area (Å²) in [4.78, 5) is 39.2. The molecule has 0 saturated heterocycles. The standard InChI is InChI=1S/C45H72O6/c1-4-7-10-13-16-19-22-25-28-31-36-49-43(46)40-34-35-41(44(47)50-37-32-29-26-23-20-17-14-11-8-5-2)42(39-40)45(48)51-38-33-30-27-24-21-18-15-12-9-6-3/h4-6,34-35,39H,1-3,7-33,36-38H2. The highest BCUT2D eigenvalue weighted by Crippen LogP contribution is 2.19. The number of rotatable bonds is 36. The molecule has 6 heteroatoms. The molecule has 0 aliphatic rings. The molecule has 0 atom stereocenters. The molecule has 1 rings (SSSR count). The Morgan fingerprint density at radius 1 is 0.392 bits per heavy atom. The first-order valence-corrected chi connectivity index (χ1v) is 20.5. The average Bonchev–Trinajstić information content (AvgIpc) is 3.14. The fraction of sp³-hybridized carbons (Fsp3) is 0.667.